The van der Waals surface area contributed by atoms with Crippen LogP contribution in [0.3, 0.4) is 0 Å². The molecule has 1 aliphatic carbocycles. The van der Waals surface area contributed by atoms with E-state index in [9.17, 15) is 8.42 Å². The molecule has 0 saturated carbocycles. The predicted molar refractivity (Wildman–Crippen MR) is 112 cm³/mol. The van der Waals surface area contributed by atoms with Crippen LogP contribution in [0.25, 0.3) is 0 Å². The fourth-order valence-corrected chi connectivity index (χ4v) is 4.73. The summed E-state index contributed by atoms with van der Waals surface area (Å²) in [7, 11) is -3.22. The zero-order valence-electron chi connectivity index (χ0n) is 15.7. The summed E-state index contributed by atoms with van der Waals surface area (Å²) in [5.41, 5.74) is 2.84. The SMILES string of the molecule is Cc1cnc(Nc2ccc(S(C)(=O)=O)cc2)nc1Nc1nc2c(s1)CCCC2. The van der Waals surface area contributed by atoms with E-state index in [2.05, 4.69) is 20.6 Å². The van der Waals surface area contributed by atoms with E-state index in [0.717, 1.165) is 23.5 Å². The molecule has 0 radical (unpaired) electrons. The molecule has 0 fully saturated rings. The molecule has 3 aromatic rings. The number of benzene rings is 1. The highest BCUT2D eigenvalue weighted by atomic mass is 32.2. The van der Waals surface area contributed by atoms with Crippen molar-refractivity contribution < 1.29 is 8.42 Å². The summed E-state index contributed by atoms with van der Waals surface area (Å²) < 4.78 is 23.1. The third-order valence-electron chi connectivity index (χ3n) is 4.58. The van der Waals surface area contributed by atoms with Crippen LogP contribution in [0.15, 0.2) is 35.4 Å². The van der Waals surface area contributed by atoms with Gasteiger partial charge in [0.1, 0.15) is 5.82 Å². The molecule has 0 atom stereocenters. The Labute approximate surface area is 168 Å². The van der Waals surface area contributed by atoms with Crippen LogP contribution in [-0.4, -0.2) is 29.6 Å². The standard InChI is InChI=1S/C19H21N5O2S2/c1-12-11-20-18(21-13-7-9-14(10-8-13)28(2,25)26)23-17(12)24-19-22-15-5-3-4-6-16(15)27-19/h7-11H,3-6H2,1-2H3,(H2,20,21,22,23,24). The lowest BCUT2D eigenvalue weighted by Gasteiger charge is -2.09. The molecule has 0 aliphatic heterocycles. The van der Waals surface area contributed by atoms with Gasteiger partial charge in [-0.2, -0.15) is 4.98 Å². The van der Waals surface area contributed by atoms with Crippen molar-refractivity contribution in [3.8, 4) is 0 Å². The number of nitrogens with one attached hydrogen (secondary N) is 2. The molecule has 2 aromatic heterocycles. The van der Waals surface area contributed by atoms with Crippen molar-refractivity contribution in [3.05, 3.63) is 46.6 Å². The monoisotopic (exact) mass is 415 g/mol. The lowest BCUT2D eigenvalue weighted by atomic mass is 10.0. The summed E-state index contributed by atoms with van der Waals surface area (Å²) in [6, 6.07) is 6.51. The molecule has 146 valence electrons. The summed E-state index contributed by atoms with van der Waals surface area (Å²) in [6.45, 7) is 1.94. The highest BCUT2D eigenvalue weighted by molar-refractivity contribution is 7.90. The molecule has 0 spiro atoms. The smallest absolute Gasteiger partial charge is 0.229 e. The van der Waals surface area contributed by atoms with Gasteiger partial charge in [0, 0.05) is 28.6 Å². The number of hydrogen-bond acceptors (Lipinski definition) is 8. The number of aromatic nitrogens is 3. The van der Waals surface area contributed by atoms with E-state index < -0.39 is 9.84 Å². The van der Waals surface area contributed by atoms with E-state index >= 15 is 0 Å². The van der Waals surface area contributed by atoms with Gasteiger partial charge in [0.2, 0.25) is 5.95 Å². The first-order valence-corrected chi connectivity index (χ1v) is 11.8. The molecule has 7 nitrogen and oxygen atoms in total. The lowest BCUT2D eigenvalue weighted by molar-refractivity contribution is 0.602. The molecule has 9 heteroatoms. The number of hydrogen-bond donors (Lipinski definition) is 2. The molecule has 2 N–H and O–H groups in total. The zero-order chi connectivity index (χ0) is 19.7. The molecular weight excluding hydrogens is 394 g/mol. The van der Waals surface area contributed by atoms with Crippen LogP contribution in [0.2, 0.25) is 0 Å². The number of thiazole rings is 1. The molecule has 0 bridgehead atoms. The molecule has 1 aromatic carbocycles. The van der Waals surface area contributed by atoms with E-state index in [0.29, 0.717) is 17.5 Å². The number of fused-ring (bicyclic) bond motifs is 1. The van der Waals surface area contributed by atoms with Crippen molar-refractivity contribution in [3.63, 3.8) is 0 Å². The Morgan fingerprint density at radius 3 is 2.50 bits per heavy atom. The van der Waals surface area contributed by atoms with Crippen LogP contribution in [0.4, 0.5) is 22.6 Å². The second-order valence-corrected chi connectivity index (χ2v) is 9.97. The Kier molecular flexibility index (Phi) is 5.03. The van der Waals surface area contributed by atoms with Crippen molar-refractivity contribution >= 4 is 43.8 Å². The van der Waals surface area contributed by atoms with Crippen molar-refractivity contribution in [2.45, 2.75) is 37.5 Å². The average molecular weight is 416 g/mol. The van der Waals surface area contributed by atoms with Crippen molar-refractivity contribution in [1.29, 1.82) is 0 Å². The molecule has 0 saturated heterocycles. The second kappa shape index (κ2) is 7.48. The summed E-state index contributed by atoms with van der Waals surface area (Å²) in [5, 5.41) is 7.29. The van der Waals surface area contributed by atoms with Gasteiger partial charge in [-0.3, -0.25) is 0 Å². The number of nitrogens with zero attached hydrogens (tertiary/aromatic N) is 3. The van der Waals surface area contributed by atoms with Crippen molar-refractivity contribution in [1.82, 2.24) is 15.0 Å². The van der Waals surface area contributed by atoms with Crippen molar-refractivity contribution in [2.24, 2.45) is 0 Å². The Morgan fingerprint density at radius 2 is 1.79 bits per heavy atom. The summed E-state index contributed by atoms with van der Waals surface area (Å²) >= 11 is 1.69. The fraction of sp³-hybridized carbons (Fsp3) is 0.316. The van der Waals surface area contributed by atoms with Crippen molar-refractivity contribution in [2.75, 3.05) is 16.9 Å². The topological polar surface area (TPSA) is 96.9 Å². The van der Waals surface area contributed by atoms with Gasteiger partial charge in [0.05, 0.1) is 10.6 Å². The molecule has 28 heavy (non-hydrogen) atoms. The minimum atomic E-state index is -3.22. The maximum absolute atomic E-state index is 11.6. The van der Waals surface area contributed by atoms with E-state index in [1.54, 1.807) is 41.8 Å². The minimum absolute atomic E-state index is 0.276. The number of sulfone groups is 1. The zero-order valence-corrected chi connectivity index (χ0v) is 17.3. The van der Waals surface area contributed by atoms with Gasteiger partial charge in [-0.1, -0.05) is 0 Å². The summed E-state index contributed by atoms with van der Waals surface area (Å²) in [4.78, 5) is 15.2. The summed E-state index contributed by atoms with van der Waals surface area (Å²) in [5.74, 6) is 1.14. The number of anilines is 4. The first-order valence-electron chi connectivity index (χ1n) is 9.05. The third kappa shape index (κ3) is 4.15. The normalized spacial score (nSPS) is 13.8. The number of aryl methyl sites for hydroxylation is 3. The van der Waals surface area contributed by atoms with Crippen LogP contribution in [0.1, 0.15) is 29.0 Å². The maximum atomic E-state index is 11.6. The van der Waals surface area contributed by atoms with Gasteiger partial charge in [-0.15, -0.1) is 11.3 Å². The Morgan fingerprint density at radius 1 is 1.04 bits per heavy atom. The second-order valence-electron chi connectivity index (χ2n) is 6.87. The molecule has 1 aliphatic rings. The highest BCUT2D eigenvalue weighted by Crippen LogP contribution is 2.31. The van der Waals surface area contributed by atoms with Gasteiger partial charge in [0.25, 0.3) is 0 Å². The third-order valence-corrected chi connectivity index (χ3v) is 6.78. The molecule has 2 heterocycles. The fourth-order valence-electron chi connectivity index (χ4n) is 3.05. The van der Waals surface area contributed by atoms with E-state index in [4.69, 9.17) is 4.98 Å². The van der Waals surface area contributed by atoms with E-state index in [1.165, 1.54) is 29.7 Å². The molecular formula is C19H21N5O2S2. The maximum Gasteiger partial charge on any atom is 0.229 e. The first kappa shape index (κ1) is 18.8. The Bertz CT molecular complexity index is 1080. The quantitative estimate of drug-likeness (QED) is 0.650. The molecule has 0 amide bonds. The highest BCUT2D eigenvalue weighted by Gasteiger charge is 2.16. The lowest BCUT2D eigenvalue weighted by Crippen LogP contribution is -2.03. The largest absolute Gasteiger partial charge is 0.324 e. The molecule has 0 unspecified atom stereocenters. The van der Waals surface area contributed by atoms with Crippen LogP contribution in [0.5, 0.6) is 0 Å². The van der Waals surface area contributed by atoms with Crippen LogP contribution >= 0.6 is 11.3 Å². The van der Waals surface area contributed by atoms with Crippen LogP contribution < -0.4 is 10.6 Å². The van der Waals surface area contributed by atoms with Gasteiger partial charge in [-0.05, 0) is 56.9 Å². The van der Waals surface area contributed by atoms with E-state index in [-0.39, 0.29) is 4.90 Å². The summed E-state index contributed by atoms with van der Waals surface area (Å²) in [6.07, 6.45) is 7.52. The Balaban J connectivity index is 1.53. The van der Waals surface area contributed by atoms with Gasteiger partial charge in [0.15, 0.2) is 15.0 Å². The minimum Gasteiger partial charge on any atom is -0.324 e. The van der Waals surface area contributed by atoms with E-state index in [1.807, 2.05) is 6.92 Å². The molecule has 4 rings (SSSR count). The number of rotatable bonds is 5. The van der Waals surface area contributed by atoms with Gasteiger partial charge in [-0.25, -0.2) is 18.4 Å². The van der Waals surface area contributed by atoms with Crippen LogP contribution in [-0.2, 0) is 22.7 Å². The Hall–Kier alpha value is -2.52. The predicted octanol–water partition coefficient (Wildman–Crippen LogP) is 4.01. The first-order chi connectivity index (χ1) is 13.4. The van der Waals surface area contributed by atoms with Gasteiger partial charge >= 0.3 is 0 Å². The average Bonchev–Trinajstić information content (AvgIpc) is 3.06. The van der Waals surface area contributed by atoms with Gasteiger partial charge < -0.3 is 10.6 Å². The van der Waals surface area contributed by atoms with Crippen LogP contribution in [0, 0.1) is 6.92 Å².